The smallest absolute Gasteiger partial charge is 0.159 e. The van der Waals surface area contributed by atoms with Gasteiger partial charge in [0, 0.05) is 16.5 Å². The molecule has 0 heterocycles. The average Bonchev–Trinajstić information content (AvgIpc) is 2.85. The molecule has 170 valence electrons. The number of rotatable bonds is 8. The van der Waals surface area contributed by atoms with E-state index in [0.29, 0.717) is 22.6 Å². The molecule has 34 heavy (non-hydrogen) atoms. The normalized spacial score (nSPS) is 11.0. The molecule has 4 aromatic carbocycles. The quantitative estimate of drug-likeness (QED) is 0.205. The summed E-state index contributed by atoms with van der Waals surface area (Å²) in [6, 6.07) is 30.2. The number of ketones is 1. The molecule has 0 aliphatic rings. The minimum atomic E-state index is -0.216. The lowest BCUT2D eigenvalue weighted by atomic mass is 9.78. The monoisotopic (exact) mass is 450 g/mol. The Morgan fingerprint density at radius 1 is 0.618 bits per heavy atom. The van der Waals surface area contributed by atoms with Crippen molar-refractivity contribution in [2.24, 2.45) is 0 Å². The Hall–Kier alpha value is -4.18. The fourth-order valence-electron chi connectivity index (χ4n) is 3.69. The number of Topliss-reactive ketones (excluding diaryl/α,β-unsaturated/α-hetero) is 1. The number of benzene rings is 4. The van der Waals surface area contributed by atoms with Crippen molar-refractivity contribution in [2.75, 3.05) is 0 Å². The third-order valence-electron chi connectivity index (χ3n) is 5.90. The van der Waals surface area contributed by atoms with Gasteiger partial charge >= 0.3 is 0 Å². The van der Waals surface area contributed by atoms with Crippen LogP contribution in [0.25, 0.3) is 0 Å². The largest absolute Gasteiger partial charge is 0.457 e. The lowest BCUT2D eigenvalue weighted by molar-refractivity contribution is 0.101. The molecule has 4 rings (SSSR count). The van der Waals surface area contributed by atoms with Gasteiger partial charge in [-0.3, -0.25) is 9.59 Å². The molecule has 0 atom stereocenters. The van der Waals surface area contributed by atoms with Gasteiger partial charge in [-0.15, -0.1) is 0 Å². The van der Waals surface area contributed by atoms with E-state index in [1.807, 2.05) is 24.3 Å². The van der Waals surface area contributed by atoms with Crippen molar-refractivity contribution in [3.05, 3.63) is 119 Å². The molecule has 0 bridgehead atoms. The van der Waals surface area contributed by atoms with Crippen LogP contribution in [0.5, 0.6) is 23.0 Å². The van der Waals surface area contributed by atoms with Crippen molar-refractivity contribution in [2.45, 2.75) is 26.2 Å². The van der Waals surface area contributed by atoms with Gasteiger partial charge in [-0.1, -0.05) is 38.1 Å². The summed E-state index contributed by atoms with van der Waals surface area (Å²) in [4.78, 5) is 22.2. The van der Waals surface area contributed by atoms with Gasteiger partial charge in [0.1, 0.15) is 29.3 Å². The van der Waals surface area contributed by atoms with Crippen LogP contribution in [0.3, 0.4) is 0 Å². The number of aldehydes is 1. The van der Waals surface area contributed by atoms with Gasteiger partial charge in [-0.2, -0.15) is 0 Å². The number of ether oxygens (including phenoxy) is 2. The van der Waals surface area contributed by atoms with Crippen LogP contribution >= 0.6 is 0 Å². The molecule has 0 aliphatic heterocycles. The molecule has 0 radical (unpaired) electrons. The molecule has 0 aliphatic carbocycles. The predicted octanol–water partition coefficient (Wildman–Crippen LogP) is 7.61. The first-order valence-electron chi connectivity index (χ1n) is 11.1. The second-order valence-electron chi connectivity index (χ2n) is 8.65. The van der Waals surface area contributed by atoms with E-state index in [-0.39, 0.29) is 11.2 Å². The standard InChI is InChI=1S/C30H26O4/c1-21(32)23-6-14-27(15-7-23)34-29-18-10-25(11-19-29)30(2,3)24-8-16-28(17-9-24)33-26-12-4-22(20-31)5-13-26/h4-20H,1-3H3. The van der Waals surface area contributed by atoms with Crippen molar-refractivity contribution in [3.63, 3.8) is 0 Å². The maximum absolute atomic E-state index is 11.4. The highest BCUT2D eigenvalue weighted by atomic mass is 16.5. The van der Waals surface area contributed by atoms with Crippen LogP contribution in [0.2, 0.25) is 0 Å². The summed E-state index contributed by atoms with van der Waals surface area (Å²) in [7, 11) is 0. The Balaban J connectivity index is 1.44. The van der Waals surface area contributed by atoms with Gasteiger partial charge in [0.2, 0.25) is 0 Å². The lowest BCUT2D eigenvalue weighted by Crippen LogP contribution is -2.18. The molecule has 0 N–H and O–H groups in total. The van der Waals surface area contributed by atoms with Crippen LogP contribution in [0.4, 0.5) is 0 Å². The zero-order chi connectivity index (χ0) is 24.1. The van der Waals surface area contributed by atoms with E-state index < -0.39 is 0 Å². The molecule has 4 nitrogen and oxygen atoms in total. The summed E-state index contributed by atoms with van der Waals surface area (Å²) < 4.78 is 11.8. The van der Waals surface area contributed by atoms with Gasteiger partial charge in [-0.25, -0.2) is 0 Å². The summed E-state index contributed by atoms with van der Waals surface area (Å²) in [5.41, 5.74) is 3.38. The number of hydrogen-bond acceptors (Lipinski definition) is 4. The Morgan fingerprint density at radius 2 is 0.971 bits per heavy atom. The molecule has 0 amide bonds. The maximum atomic E-state index is 11.4. The first-order valence-corrected chi connectivity index (χ1v) is 11.1. The van der Waals surface area contributed by atoms with Crippen molar-refractivity contribution in [1.29, 1.82) is 0 Å². The third-order valence-corrected chi connectivity index (χ3v) is 5.90. The fourth-order valence-corrected chi connectivity index (χ4v) is 3.69. The van der Waals surface area contributed by atoms with Gasteiger partial charge < -0.3 is 9.47 Å². The molecule has 0 saturated heterocycles. The zero-order valence-electron chi connectivity index (χ0n) is 19.4. The van der Waals surface area contributed by atoms with Crippen molar-refractivity contribution in [3.8, 4) is 23.0 Å². The minimum Gasteiger partial charge on any atom is -0.457 e. The van der Waals surface area contributed by atoms with Gasteiger partial charge in [0.15, 0.2) is 5.78 Å². The lowest BCUT2D eigenvalue weighted by Gasteiger charge is -2.26. The van der Waals surface area contributed by atoms with Gasteiger partial charge in [0.05, 0.1) is 0 Å². The maximum Gasteiger partial charge on any atom is 0.159 e. The van der Waals surface area contributed by atoms with E-state index >= 15 is 0 Å². The second-order valence-corrected chi connectivity index (χ2v) is 8.65. The van der Waals surface area contributed by atoms with Crippen molar-refractivity contribution in [1.82, 2.24) is 0 Å². The minimum absolute atomic E-state index is 0.0333. The van der Waals surface area contributed by atoms with E-state index in [0.717, 1.165) is 28.9 Å². The number of carbonyl (C=O) groups is 2. The molecule has 0 saturated carbocycles. The molecule has 0 aromatic heterocycles. The first-order chi connectivity index (χ1) is 16.3. The molecular weight excluding hydrogens is 424 g/mol. The SMILES string of the molecule is CC(=O)c1ccc(Oc2ccc(C(C)(C)c3ccc(Oc4ccc(C=O)cc4)cc3)cc2)cc1. The Morgan fingerprint density at radius 3 is 1.32 bits per heavy atom. The average molecular weight is 451 g/mol. The highest BCUT2D eigenvalue weighted by molar-refractivity contribution is 5.94. The third kappa shape index (κ3) is 5.24. The van der Waals surface area contributed by atoms with Crippen molar-refractivity contribution < 1.29 is 19.1 Å². The van der Waals surface area contributed by atoms with Crippen LogP contribution in [0, 0.1) is 0 Å². The molecule has 4 aromatic rings. The summed E-state index contributed by atoms with van der Waals surface area (Å²) in [5, 5.41) is 0. The topological polar surface area (TPSA) is 52.6 Å². The number of carbonyl (C=O) groups excluding carboxylic acids is 2. The van der Waals surface area contributed by atoms with Crippen LogP contribution in [-0.4, -0.2) is 12.1 Å². The van der Waals surface area contributed by atoms with Crippen LogP contribution in [-0.2, 0) is 5.41 Å². The molecular formula is C30H26O4. The van der Waals surface area contributed by atoms with E-state index in [9.17, 15) is 9.59 Å². The highest BCUT2D eigenvalue weighted by Crippen LogP contribution is 2.34. The Bertz CT molecular complexity index is 1270. The molecule has 0 unspecified atom stereocenters. The van der Waals surface area contributed by atoms with Gasteiger partial charge in [0.25, 0.3) is 0 Å². The fraction of sp³-hybridized carbons (Fsp3) is 0.133. The van der Waals surface area contributed by atoms with E-state index in [1.54, 1.807) is 55.5 Å². The zero-order valence-corrected chi connectivity index (χ0v) is 19.4. The van der Waals surface area contributed by atoms with Crippen LogP contribution < -0.4 is 9.47 Å². The molecule has 0 fully saturated rings. The first kappa shape index (κ1) is 23.0. The van der Waals surface area contributed by atoms with E-state index in [4.69, 9.17) is 9.47 Å². The molecule has 0 spiro atoms. The summed E-state index contributed by atoms with van der Waals surface area (Å²) in [6.07, 6.45) is 0.812. The number of hydrogen-bond donors (Lipinski definition) is 0. The summed E-state index contributed by atoms with van der Waals surface area (Å²) in [5.74, 6) is 2.88. The summed E-state index contributed by atoms with van der Waals surface area (Å²) >= 11 is 0. The highest BCUT2D eigenvalue weighted by Gasteiger charge is 2.23. The molecule has 4 heteroatoms. The second kappa shape index (κ2) is 9.75. The van der Waals surface area contributed by atoms with E-state index in [2.05, 4.69) is 38.1 Å². The summed E-state index contributed by atoms with van der Waals surface area (Å²) in [6.45, 7) is 5.90. The van der Waals surface area contributed by atoms with Crippen molar-refractivity contribution >= 4 is 12.1 Å². The Labute approximate surface area is 199 Å². The van der Waals surface area contributed by atoms with Gasteiger partial charge in [-0.05, 0) is 90.8 Å². The van der Waals surface area contributed by atoms with E-state index in [1.165, 1.54) is 0 Å². The Kier molecular flexibility index (Phi) is 6.60. The van der Waals surface area contributed by atoms with Crippen LogP contribution in [0.15, 0.2) is 97.1 Å². The predicted molar refractivity (Wildman–Crippen MR) is 133 cm³/mol. The van der Waals surface area contributed by atoms with Crippen LogP contribution in [0.1, 0.15) is 52.6 Å².